The van der Waals surface area contributed by atoms with Crippen molar-refractivity contribution in [2.45, 2.75) is 37.8 Å². The van der Waals surface area contributed by atoms with E-state index in [1.807, 2.05) is 0 Å². The van der Waals surface area contributed by atoms with Crippen LogP contribution in [0.4, 0.5) is 0 Å². The van der Waals surface area contributed by atoms with Crippen molar-refractivity contribution in [2.24, 2.45) is 0 Å². The van der Waals surface area contributed by atoms with Gasteiger partial charge in [0.15, 0.2) is 0 Å². The van der Waals surface area contributed by atoms with Crippen LogP contribution in [0.3, 0.4) is 0 Å². The third-order valence-corrected chi connectivity index (χ3v) is 7.25. The average molecular weight is 460 g/mol. The van der Waals surface area contributed by atoms with Crippen LogP contribution in [0, 0.1) is 0 Å². The van der Waals surface area contributed by atoms with Gasteiger partial charge in [0.2, 0.25) is 21.8 Å². The Morgan fingerprint density at radius 3 is 2.72 bits per heavy atom. The highest BCUT2D eigenvalue weighted by molar-refractivity contribution is 7.92. The summed E-state index contributed by atoms with van der Waals surface area (Å²) >= 11 is 7.07. The standard InChI is InChI=1S/C18H22ClN3O5S2/c19-16-6-5-14(28-16)7-10-29(26,27)20-15-4-2-8-21(18(15)25)11-17(24)22-9-1-3-13(22)12-23/h5-7,10,12-13,15,20H,1-4,8-9,11H2/b10-7+. The van der Waals surface area contributed by atoms with Crippen molar-refractivity contribution >= 4 is 57.1 Å². The number of carbonyl (C=O) groups excluding carboxylic acids is 3. The fraction of sp³-hybridized carbons (Fsp3) is 0.500. The Balaban J connectivity index is 1.60. The minimum atomic E-state index is -3.84. The fourth-order valence-corrected chi connectivity index (χ4v) is 5.59. The third kappa shape index (κ3) is 5.65. The van der Waals surface area contributed by atoms with E-state index in [1.165, 1.54) is 27.2 Å². The molecule has 2 fully saturated rings. The van der Waals surface area contributed by atoms with Crippen LogP contribution in [-0.4, -0.2) is 68.0 Å². The summed E-state index contributed by atoms with van der Waals surface area (Å²) in [6.45, 7) is 0.731. The lowest BCUT2D eigenvalue weighted by atomic mass is 10.1. The van der Waals surface area contributed by atoms with Gasteiger partial charge in [-0.2, -0.15) is 4.72 Å². The van der Waals surface area contributed by atoms with Crippen LogP contribution >= 0.6 is 22.9 Å². The van der Waals surface area contributed by atoms with Crippen LogP contribution in [0.25, 0.3) is 6.08 Å². The van der Waals surface area contributed by atoms with Crippen molar-refractivity contribution in [3.8, 4) is 0 Å². The Hall–Kier alpha value is -1.75. The molecule has 0 spiro atoms. The summed E-state index contributed by atoms with van der Waals surface area (Å²) in [5.41, 5.74) is 0. The molecule has 0 saturated carbocycles. The first kappa shape index (κ1) is 21.9. The van der Waals surface area contributed by atoms with Crippen LogP contribution in [0.15, 0.2) is 17.5 Å². The van der Waals surface area contributed by atoms with Gasteiger partial charge in [0.1, 0.15) is 12.3 Å². The molecule has 2 amide bonds. The number of thiophene rings is 1. The maximum atomic E-state index is 12.7. The first-order valence-corrected chi connectivity index (χ1v) is 12.0. The summed E-state index contributed by atoms with van der Waals surface area (Å²) in [6, 6.07) is 2.01. The molecule has 0 aliphatic carbocycles. The number of hydrogen-bond donors (Lipinski definition) is 1. The number of rotatable bonds is 7. The summed E-state index contributed by atoms with van der Waals surface area (Å²) < 4.78 is 27.6. The van der Waals surface area contributed by atoms with Crippen molar-refractivity contribution in [3.63, 3.8) is 0 Å². The highest BCUT2D eigenvalue weighted by Gasteiger charge is 2.35. The lowest BCUT2D eigenvalue weighted by molar-refractivity contribution is -0.144. The molecule has 1 aromatic heterocycles. The normalized spacial score (nSPS) is 23.1. The SMILES string of the molecule is O=CC1CCCN1C(=O)CN1CCCC(NS(=O)(=O)/C=C/c2ccc(Cl)s2)C1=O. The Morgan fingerprint density at radius 1 is 1.28 bits per heavy atom. The summed E-state index contributed by atoms with van der Waals surface area (Å²) in [5.74, 6) is -0.714. The van der Waals surface area contributed by atoms with Crippen molar-refractivity contribution in [1.82, 2.24) is 14.5 Å². The Kier molecular flexibility index (Phi) is 7.10. The van der Waals surface area contributed by atoms with E-state index in [9.17, 15) is 22.8 Å². The number of nitrogens with one attached hydrogen (secondary N) is 1. The fourth-order valence-electron chi connectivity index (χ4n) is 3.52. The summed E-state index contributed by atoms with van der Waals surface area (Å²) in [5, 5.41) is 1.01. The predicted octanol–water partition coefficient (Wildman–Crippen LogP) is 1.47. The molecule has 3 heterocycles. The van der Waals surface area contributed by atoms with Gasteiger partial charge in [-0.3, -0.25) is 9.59 Å². The molecule has 2 aliphatic rings. The molecule has 1 N–H and O–H groups in total. The van der Waals surface area contributed by atoms with Crippen LogP contribution in [0.5, 0.6) is 0 Å². The largest absolute Gasteiger partial charge is 0.332 e. The number of nitrogens with zero attached hydrogens (tertiary/aromatic N) is 2. The second-order valence-electron chi connectivity index (χ2n) is 6.99. The van der Waals surface area contributed by atoms with Gasteiger partial charge in [0, 0.05) is 23.4 Å². The van der Waals surface area contributed by atoms with Gasteiger partial charge in [0.05, 0.1) is 16.9 Å². The number of hydrogen-bond acceptors (Lipinski definition) is 6. The highest BCUT2D eigenvalue weighted by atomic mass is 35.5. The number of likely N-dealkylation sites (tertiary alicyclic amines) is 2. The molecule has 158 valence electrons. The van der Waals surface area contributed by atoms with Crippen LogP contribution in [0.1, 0.15) is 30.6 Å². The van der Waals surface area contributed by atoms with Gasteiger partial charge in [-0.1, -0.05) is 11.6 Å². The molecular formula is C18H22ClN3O5S2. The minimum Gasteiger partial charge on any atom is -0.332 e. The zero-order chi connectivity index (χ0) is 21.0. The number of sulfonamides is 1. The topological polar surface area (TPSA) is 104 Å². The van der Waals surface area contributed by atoms with Crippen LogP contribution in [-0.2, 0) is 24.4 Å². The smallest absolute Gasteiger partial charge is 0.242 e. The zero-order valence-electron chi connectivity index (χ0n) is 15.6. The van der Waals surface area contributed by atoms with Crippen LogP contribution in [0.2, 0.25) is 4.34 Å². The maximum absolute atomic E-state index is 12.7. The van der Waals surface area contributed by atoms with Gasteiger partial charge in [0.25, 0.3) is 0 Å². The van der Waals surface area contributed by atoms with Gasteiger partial charge in [-0.05, 0) is 43.9 Å². The van der Waals surface area contributed by atoms with Gasteiger partial charge < -0.3 is 14.6 Å². The van der Waals surface area contributed by atoms with Gasteiger partial charge >= 0.3 is 0 Å². The van der Waals surface area contributed by atoms with E-state index in [0.717, 1.165) is 18.1 Å². The monoisotopic (exact) mass is 459 g/mol. The quantitative estimate of drug-likeness (QED) is 0.622. The van der Waals surface area contributed by atoms with E-state index in [2.05, 4.69) is 4.72 Å². The van der Waals surface area contributed by atoms with Crippen molar-refractivity contribution in [3.05, 3.63) is 26.8 Å². The number of halogens is 1. The summed E-state index contributed by atoms with van der Waals surface area (Å²) in [7, 11) is -3.84. The molecule has 2 atom stereocenters. The lowest BCUT2D eigenvalue weighted by Gasteiger charge is -2.33. The molecular weight excluding hydrogens is 438 g/mol. The Labute approximate surface area is 178 Å². The van der Waals surface area contributed by atoms with E-state index in [4.69, 9.17) is 11.6 Å². The maximum Gasteiger partial charge on any atom is 0.242 e. The number of piperidine rings is 1. The molecule has 11 heteroatoms. The molecule has 2 unspecified atom stereocenters. The Bertz CT molecular complexity index is 914. The van der Waals surface area contributed by atoms with E-state index >= 15 is 0 Å². The first-order valence-electron chi connectivity index (χ1n) is 9.28. The van der Waals surface area contributed by atoms with E-state index in [-0.39, 0.29) is 12.5 Å². The molecule has 0 aromatic carbocycles. The highest BCUT2D eigenvalue weighted by Crippen LogP contribution is 2.23. The molecule has 2 aliphatic heterocycles. The summed E-state index contributed by atoms with van der Waals surface area (Å²) in [4.78, 5) is 39.8. The van der Waals surface area contributed by atoms with E-state index in [0.29, 0.717) is 41.6 Å². The predicted molar refractivity (Wildman–Crippen MR) is 111 cm³/mol. The molecule has 8 nitrogen and oxygen atoms in total. The number of carbonyl (C=O) groups is 3. The molecule has 2 saturated heterocycles. The van der Waals surface area contributed by atoms with E-state index in [1.54, 1.807) is 12.1 Å². The molecule has 0 bridgehead atoms. The third-order valence-electron chi connectivity index (χ3n) is 4.95. The lowest BCUT2D eigenvalue weighted by Crippen LogP contribution is -2.54. The van der Waals surface area contributed by atoms with Gasteiger partial charge in [-0.25, -0.2) is 8.42 Å². The van der Waals surface area contributed by atoms with Crippen molar-refractivity contribution in [2.75, 3.05) is 19.6 Å². The number of amides is 2. The molecule has 0 radical (unpaired) electrons. The molecule has 1 aromatic rings. The van der Waals surface area contributed by atoms with Crippen molar-refractivity contribution < 1.29 is 22.8 Å². The molecule has 29 heavy (non-hydrogen) atoms. The minimum absolute atomic E-state index is 0.148. The second-order valence-corrected chi connectivity index (χ2v) is 10.3. The zero-order valence-corrected chi connectivity index (χ0v) is 18.0. The van der Waals surface area contributed by atoms with Crippen LogP contribution < -0.4 is 4.72 Å². The van der Waals surface area contributed by atoms with Crippen molar-refractivity contribution in [1.29, 1.82) is 0 Å². The first-order chi connectivity index (χ1) is 13.8. The average Bonchev–Trinajstić information content (AvgIpc) is 3.32. The van der Waals surface area contributed by atoms with Gasteiger partial charge in [-0.15, -0.1) is 11.3 Å². The second kappa shape index (κ2) is 9.38. The molecule has 3 rings (SSSR count). The Morgan fingerprint density at radius 2 is 2.03 bits per heavy atom. The number of aldehydes is 1. The summed E-state index contributed by atoms with van der Waals surface area (Å²) in [6.07, 6.45) is 4.50. The van der Waals surface area contributed by atoms with E-state index < -0.39 is 28.0 Å².